The number of carbonyl (C=O) groups excluding carboxylic acids is 2. The van der Waals surface area contributed by atoms with Gasteiger partial charge in [-0.15, -0.1) is 0 Å². The Morgan fingerprint density at radius 3 is 2.48 bits per heavy atom. The lowest BCUT2D eigenvalue weighted by atomic mass is 9.97. The molecule has 0 radical (unpaired) electrons. The van der Waals surface area contributed by atoms with Crippen LogP contribution in [0.25, 0.3) is 0 Å². The van der Waals surface area contributed by atoms with Gasteiger partial charge in [0.25, 0.3) is 11.5 Å². The predicted octanol–water partition coefficient (Wildman–Crippen LogP) is 1.71. The molecule has 0 spiro atoms. The zero-order valence-corrected chi connectivity index (χ0v) is 15.3. The first-order valence-electron chi connectivity index (χ1n) is 9.16. The van der Waals surface area contributed by atoms with Crippen LogP contribution in [0.1, 0.15) is 35.8 Å². The average Bonchev–Trinajstić information content (AvgIpc) is 2.70. The second-order valence-corrected chi connectivity index (χ2v) is 6.52. The largest absolute Gasteiger partial charge is 0.466 e. The number of hydrogen-bond donors (Lipinski definition) is 0. The van der Waals surface area contributed by atoms with Gasteiger partial charge in [-0.25, -0.2) is 4.68 Å². The molecule has 7 nitrogen and oxygen atoms in total. The van der Waals surface area contributed by atoms with Crippen molar-refractivity contribution in [1.29, 1.82) is 0 Å². The lowest BCUT2D eigenvalue weighted by molar-refractivity contribution is -0.149. The number of nitrogens with zero attached hydrogens (tertiary/aromatic N) is 3. The van der Waals surface area contributed by atoms with E-state index in [1.165, 1.54) is 16.8 Å². The summed E-state index contributed by atoms with van der Waals surface area (Å²) < 4.78 is 6.35. The molecule has 1 aliphatic rings. The minimum atomic E-state index is -0.253. The number of piperidine rings is 1. The van der Waals surface area contributed by atoms with E-state index in [9.17, 15) is 14.4 Å². The molecule has 1 fully saturated rings. The summed E-state index contributed by atoms with van der Waals surface area (Å²) in [5, 5.41) is 4.25. The van der Waals surface area contributed by atoms with Gasteiger partial charge in [-0.3, -0.25) is 14.4 Å². The SMILES string of the molecule is CCOC(=O)C1CCN(C(=O)c2ccc(=O)n(Cc3ccccc3)n2)CC1. The highest BCUT2D eigenvalue weighted by molar-refractivity contribution is 5.92. The monoisotopic (exact) mass is 369 g/mol. The van der Waals surface area contributed by atoms with Gasteiger partial charge in [-0.1, -0.05) is 30.3 Å². The molecule has 2 aromatic rings. The fourth-order valence-corrected chi connectivity index (χ4v) is 3.17. The van der Waals surface area contributed by atoms with E-state index in [1.807, 2.05) is 30.3 Å². The standard InChI is InChI=1S/C20H23N3O4/c1-2-27-20(26)16-10-12-22(13-11-16)19(25)17-8-9-18(24)23(21-17)14-15-6-4-3-5-7-15/h3-9,16H,2,10-14H2,1H3. The number of amides is 1. The smallest absolute Gasteiger partial charge is 0.309 e. The predicted molar refractivity (Wildman–Crippen MR) is 99.3 cm³/mol. The van der Waals surface area contributed by atoms with Crippen molar-refractivity contribution in [2.24, 2.45) is 5.92 Å². The fourth-order valence-electron chi connectivity index (χ4n) is 3.17. The van der Waals surface area contributed by atoms with E-state index in [-0.39, 0.29) is 29.0 Å². The maximum absolute atomic E-state index is 12.7. The van der Waals surface area contributed by atoms with Gasteiger partial charge in [0, 0.05) is 19.2 Å². The highest BCUT2D eigenvalue weighted by atomic mass is 16.5. The number of esters is 1. The van der Waals surface area contributed by atoms with Crippen LogP contribution in [0, 0.1) is 5.92 Å². The van der Waals surface area contributed by atoms with Crippen molar-refractivity contribution < 1.29 is 14.3 Å². The summed E-state index contributed by atoms with van der Waals surface area (Å²) in [5.41, 5.74) is 0.920. The van der Waals surface area contributed by atoms with Crippen LogP contribution in [0.4, 0.5) is 0 Å². The maximum Gasteiger partial charge on any atom is 0.309 e. The van der Waals surface area contributed by atoms with Gasteiger partial charge in [0.15, 0.2) is 0 Å². The lowest BCUT2D eigenvalue weighted by Crippen LogP contribution is -2.41. The van der Waals surface area contributed by atoms with Gasteiger partial charge in [0.05, 0.1) is 19.1 Å². The molecule has 1 saturated heterocycles. The Kier molecular flexibility index (Phi) is 6.01. The number of carbonyl (C=O) groups is 2. The van der Waals surface area contributed by atoms with Crippen molar-refractivity contribution in [3.8, 4) is 0 Å². The third-order valence-electron chi connectivity index (χ3n) is 4.66. The fraction of sp³-hybridized carbons (Fsp3) is 0.400. The molecule has 1 amide bonds. The van der Waals surface area contributed by atoms with E-state index in [0.29, 0.717) is 39.1 Å². The van der Waals surface area contributed by atoms with E-state index in [4.69, 9.17) is 4.74 Å². The van der Waals surface area contributed by atoms with Gasteiger partial charge < -0.3 is 9.64 Å². The van der Waals surface area contributed by atoms with Crippen molar-refractivity contribution in [2.45, 2.75) is 26.3 Å². The van der Waals surface area contributed by atoms with Crippen LogP contribution in [0.15, 0.2) is 47.3 Å². The van der Waals surface area contributed by atoms with Crippen LogP contribution >= 0.6 is 0 Å². The molecule has 0 saturated carbocycles. The van der Waals surface area contributed by atoms with Gasteiger partial charge in [-0.05, 0) is 31.4 Å². The quantitative estimate of drug-likeness (QED) is 0.750. The van der Waals surface area contributed by atoms with E-state index < -0.39 is 0 Å². The third-order valence-corrected chi connectivity index (χ3v) is 4.66. The van der Waals surface area contributed by atoms with Crippen LogP contribution in [0.2, 0.25) is 0 Å². The van der Waals surface area contributed by atoms with Gasteiger partial charge >= 0.3 is 5.97 Å². The van der Waals surface area contributed by atoms with Gasteiger partial charge in [-0.2, -0.15) is 5.10 Å². The third kappa shape index (κ3) is 4.61. The van der Waals surface area contributed by atoms with Crippen molar-refractivity contribution >= 4 is 11.9 Å². The molecule has 142 valence electrons. The Hall–Kier alpha value is -2.96. The van der Waals surface area contributed by atoms with Gasteiger partial charge in [0.2, 0.25) is 0 Å². The number of ether oxygens (including phenoxy) is 1. The molecule has 0 atom stereocenters. The van der Waals surface area contributed by atoms with Gasteiger partial charge in [0.1, 0.15) is 5.69 Å². The zero-order chi connectivity index (χ0) is 19.2. The average molecular weight is 369 g/mol. The highest BCUT2D eigenvalue weighted by Crippen LogP contribution is 2.19. The summed E-state index contributed by atoms with van der Waals surface area (Å²) in [4.78, 5) is 38.3. The van der Waals surface area contributed by atoms with Crippen LogP contribution in [0.3, 0.4) is 0 Å². The molecule has 0 N–H and O–H groups in total. The Bertz CT molecular complexity index is 855. The van der Waals surface area contributed by atoms with E-state index in [0.717, 1.165) is 5.56 Å². The summed E-state index contributed by atoms with van der Waals surface area (Å²) in [6.45, 7) is 3.41. The maximum atomic E-state index is 12.7. The Labute approximate surface area is 157 Å². The van der Waals surface area contributed by atoms with E-state index in [1.54, 1.807) is 11.8 Å². The van der Waals surface area contributed by atoms with E-state index >= 15 is 0 Å². The normalized spacial score (nSPS) is 14.8. The first-order valence-corrected chi connectivity index (χ1v) is 9.16. The molecule has 0 bridgehead atoms. The number of rotatable bonds is 5. The molecule has 27 heavy (non-hydrogen) atoms. The number of likely N-dealkylation sites (tertiary alicyclic amines) is 1. The highest BCUT2D eigenvalue weighted by Gasteiger charge is 2.29. The molecule has 1 aromatic carbocycles. The molecule has 0 aliphatic carbocycles. The number of hydrogen-bond acceptors (Lipinski definition) is 5. The number of aromatic nitrogens is 2. The van der Waals surface area contributed by atoms with E-state index in [2.05, 4.69) is 5.10 Å². The van der Waals surface area contributed by atoms with Crippen LogP contribution < -0.4 is 5.56 Å². The Balaban J connectivity index is 1.68. The summed E-state index contributed by atoms with van der Waals surface area (Å²) in [6, 6.07) is 12.3. The first kappa shape index (κ1) is 18.8. The number of benzene rings is 1. The second-order valence-electron chi connectivity index (χ2n) is 6.52. The minimum absolute atomic E-state index is 0.158. The summed E-state index contributed by atoms with van der Waals surface area (Å²) >= 11 is 0. The molecular weight excluding hydrogens is 346 g/mol. The van der Waals surface area contributed by atoms with Crippen LogP contribution in [-0.2, 0) is 16.1 Å². The molecule has 7 heteroatoms. The molecular formula is C20H23N3O4. The zero-order valence-electron chi connectivity index (χ0n) is 15.3. The second kappa shape index (κ2) is 8.62. The topological polar surface area (TPSA) is 81.5 Å². The molecule has 0 unspecified atom stereocenters. The molecule has 3 rings (SSSR count). The van der Waals surface area contributed by atoms with Crippen molar-refractivity contribution in [2.75, 3.05) is 19.7 Å². The summed E-state index contributed by atoms with van der Waals surface area (Å²) in [7, 11) is 0. The summed E-state index contributed by atoms with van der Waals surface area (Å²) in [6.07, 6.45) is 1.16. The summed E-state index contributed by atoms with van der Waals surface area (Å²) in [5.74, 6) is -0.577. The molecule has 1 aliphatic heterocycles. The minimum Gasteiger partial charge on any atom is -0.466 e. The van der Waals surface area contributed by atoms with Crippen LogP contribution in [-0.4, -0.2) is 46.3 Å². The molecule has 2 heterocycles. The first-order chi connectivity index (χ1) is 13.1. The van der Waals surface area contributed by atoms with Crippen LogP contribution in [0.5, 0.6) is 0 Å². The molecule has 1 aromatic heterocycles. The van der Waals surface area contributed by atoms with Crippen molar-refractivity contribution in [3.63, 3.8) is 0 Å². The Morgan fingerprint density at radius 1 is 1.11 bits per heavy atom. The van der Waals surface area contributed by atoms with Crippen molar-refractivity contribution in [1.82, 2.24) is 14.7 Å². The van der Waals surface area contributed by atoms with Crippen molar-refractivity contribution in [3.05, 3.63) is 64.1 Å². The lowest BCUT2D eigenvalue weighted by Gasteiger charge is -2.30. The Morgan fingerprint density at radius 2 is 1.81 bits per heavy atom.